The van der Waals surface area contributed by atoms with Gasteiger partial charge in [-0.05, 0) is 23.8 Å². The number of methoxy groups -OCH3 is 1. The number of hydrogen-bond acceptors (Lipinski definition) is 8. The second-order valence-electron chi connectivity index (χ2n) is 8.01. The topological polar surface area (TPSA) is 131 Å². The minimum absolute atomic E-state index is 0.0280. The van der Waals surface area contributed by atoms with Gasteiger partial charge in [-0.1, -0.05) is 12.1 Å². The summed E-state index contributed by atoms with van der Waals surface area (Å²) in [6, 6.07) is 10.6. The van der Waals surface area contributed by atoms with E-state index in [1.54, 1.807) is 29.2 Å². The van der Waals surface area contributed by atoms with Crippen molar-refractivity contribution in [2.24, 2.45) is 5.92 Å². The van der Waals surface area contributed by atoms with E-state index in [-0.39, 0.29) is 35.7 Å². The number of allylic oxidation sites excluding steroid dienone is 1. The van der Waals surface area contributed by atoms with Gasteiger partial charge in [0.05, 0.1) is 30.0 Å². The molecule has 4 N–H and O–H groups in total. The Hall–Kier alpha value is -3.94. The number of likely N-dealkylation sites (tertiary alicyclic amines) is 1. The lowest BCUT2D eigenvalue weighted by Crippen LogP contribution is -2.49. The van der Waals surface area contributed by atoms with Gasteiger partial charge in [-0.25, -0.2) is 9.82 Å². The summed E-state index contributed by atoms with van der Waals surface area (Å²) in [4.78, 5) is 14.0. The number of halogens is 1. The van der Waals surface area contributed by atoms with Crippen LogP contribution in [-0.2, 0) is 4.74 Å². The van der Waals surface area contributed by atoms with Gasteiger partial charge in [0.25, 0.3) is 5.91 Å². The van der Waals surface area contributed by atoms with Crippen molar-refractivity contribution >= 4 is 17.3 Å². The van der Waals surface area contributed by atoms with Crippen molar-refractivity contribution in [3.05, 3.63) is 70.7 Å². The Kier molecular flexibility index (Phi) is 6.77. The highest BCUT2D eigenvalue weighted by molar-refractivity contribution is 6.07. The van der Waals surface area contributed by atoms with Crippen molar-refractivity contribution in [2.45, 2.75) is 6.04 Å². The molecule has 0 spiro atoms. The molecule has 2 aromatic carbocycles. The predicted molar refractivity (Wildman–Crippen MR) is 122 cm³/mol. The van der Waals surface area contributed by atoms with E-state index in [1.165, 1.54) is 25.3 Å². The van der Waals surface area contributed by atoms with Crippen LogP contribution in [0.15, 0.2) is 48.2 Å². The van der Waals surface area contributed by atoms with E-state index in [4.69, 9.17) is 20.1 Å². The maximum absolute atomic E-state index is 14.5. The fourth-order valence-corrected chi connectivity index (χ4v) is 3.74. The normalized spacial score (nSPS) is 17.4. The summed E-state index contributed by atoms with van der Waals surface area (Å²) < 4.78 is 24.7. The van der Waals surface area contributed by atoms with Crippen molar-refractivity contribution in [3.8, 4) is 11.8 Å². The maximum atomic E-state index is 14.5. The predicted octanol–water partition coefficient (Wildman–Crippen LogP) is 2.93. The fraction of sp³-hybridized carbons (Fsp3) is 0.292. The Labute approximate surface area is 195 Å². The molecular weight excluding hydrogens is 441 g/mol. The monoisotopic (exact) mass is 465 g/mol. The number of hydrazine groups is 1. The van der Waals surface area contributed by atoms with Crippen LogP contribution < -0.4 is 15.6 Å². The first-order chi connectivity index (χ1) is 16.4. The van der Waals surface area contributed by atoms with Gasteiger partial charge in [0.2, 0.25) is 0 Å². The first-order valence-corrected chi connectivity index (χ1v) is 10.7. The van der Waals surface area contributed by atoms with Crippen LogP contribution in [0.2, 0.25) is 0 Å². The zero-order valence-corrected chi connectivity index (χ0v) is 18.5. The molecular formula is C24H24FN5O4. The molecule has 0 bridgehead atoms. The van der Waals surface area contributed by atoms with E-state index in [2.05, 4.69) is 16.9 Å². The summed E-state index contributed by atoms with van der Waals surface area (Å²) in [6.07, 6.45) is 1.28. The van der Waals surface area contributed by atoms with Crippen LogP contribution in [-0.4, -0.2) is 55.0 Å². The summed E-state index contributed by atoms with van der Waals surface area (Å²) in [7, 11) is 1.53. The van der Waals surface area contributed by atoms with Crippen LogP contribution in [0.25, 0.3) is 0 Å². The van der Waals surface area contributed by atoms with Crippen molar-refractivity contribution in [3.63, 3.8) is 0 Å². The zero-order chi connectivity index (χ0) is 24.2. The second kappa shape index (κ2) is 9.91. The Morgan fingerprint density at radius 3 is 2.68 bits per heavy atom. The second-order valence-corrected chi connectivity index (χ2v) is 8.01. The molecule has 2 heterocycles. The smallest absolute Gasteiger partial charge is 0.253 e. The van der Waals surface area contributed by atoms with Crippen LogP contribution in [0.3, 0.4) is 0 Å². The number of fused-ring (bicyclic) bond motifs is 1. The highest BCUT2D eigenvalue weighted by atomic mass is 19.1. The lowest BCUT2D eigenvalue weighted by Gasteiger charge is -2.35. The lowest BCUT2D eigenvalue weighted by atomic mass is 9.99. The van der Waals surface area contributed by atoms with Gasteiger partial charge < -0.3 is 30.3 Å². The Bertz CT molecular complexity index is 1170. The number of anilines is 1. The standard InChI is InChI=1S/C24H24FN5O4/c1-33-6-7-34-22-10-20-17(8-18(22)25)23(29-28-20)21(31)9-19(27)15-2-4-16(5-3-15)24(32)30-12-14(11-26)13-30/h2-5,8-10,14,23,27-29,31H,6-7,12-13H2,1H3/b21-9-,27-19?. The number of aliphatic hydroxyl groups is 1. The SMILES string of the molecule is COCCOc1cc2c(cc1F)C(/C(O)=C/C(=N)c1ccc(C(=O)N3CC(C#N)C3)cc1)NN2. The first-order valence-electron chi connectivity index (χ1n) is 10.7. The van der Waals surface area contributed by atoms with Crippen LogP contribution in [0.5, 0.6) is 5.75 Å². The van der Waals surface area contributed by atoms with E-state index >= 15 is 0 Å². The molecule has 1 unspecified atom stereocenters. The van der Waals surface area contributed by atoms with Crippen molar-refractivity contribution in [1.29, 1.82) is 10.7 Å². The highest BCUT2D eigenvalue weighted by Gasteiger charge is 2.31. The van der Waals surface area contributed by atoms with E-state index in [9.17, 15) is 14.3 Å². The van der Waals surface area contributed by atoms with Gasteiger partial charge in [-0.2, -0.15) is 5.26 Å². The summed E-state index contributed by atoms with van der Waals surface area (Å²) in [5.41, 5.74) is 7.79. The van der Waals surface area contributed by atoms with Gasteiger partial charge in [0.1, 0.15) is 18.4 Å². The number of nitriles is 1. The number of nitrogens with zero attached hydrogens (tertiary/aromatic N) is 2. The number of nitrogens with one attached hydrogen (secondary N) is 3. The summed E-state index contributed by atoms with van der Waals surface area (Å²) in [5, 5.41) is 27.8. The largest absolute Gasteiger partial charge is 0.510 e. The number of carbonyl (C=O) groups is 1. The van der Waals surface area contributed by atoms with E-state index in [0.29, 0.717) is 42.1 Å². The molecule has 4 rings (SSSR count). The minimum atomic E-state index is -0.752. The van der Waals surface area contributed by atoms with Crippen molar-refractivity contribution < 1.29 is 23.8 Å². The summed E-state index contributed by atoms with van der Waals surface area (Å²) >= 11 is 0. The average Bonchev–Trinajstić information content (AvgIpc) is 3.21. The molecule has 1 saturated heterocycles. The molecule has 2 aliphatic heterocycles. The fourth-order valence-electron chi connectivity index (χ4n) is 3.74. The third kappa shape index (κ3) is 4.71. The Balaban J connectivity index is 1.43. The minimum Gasteiger partial charge on any atom is -0.510 e. The number of ether oxygens (including phenoxy) is 2. The van der Waals surface area contributed by atoms with Crippen LogP contribution >= 0.6 is 0 Å². The molecule has 2 aromatic rings. The van der Waals surface area contributed by atoms with Crippen LogP contribution in [0.1, 0.15) is 27.5 Å². The molecule has 176 valence electrons. The van der Waals surface area contributed by atoms with Crippen molar-refractivity contribution in [1.82, 2.24) is 10.3 Å². The third-order valence-corrected chi connectivity index (χ3v) is 5.69. The molecule has 2 aliphatic rings. The van der Waals surface area contributed by atoms with Crippen LogP contribution in [0.4, 0.5) is 10.1 Å². The third-order valence-electron chi connectivity index (χ3n) is 5.69. The molecule has 1 amide bonds. The number of amides is 1. The molecule has 0 radical (unpaired) electrons. The first kappa shape index (κ1) is 23.2. The van der Waals surface area contributed by atoms with Gasteiger partial charge >= 0.3 is 0 Å². The Morgan fingerprint density at radius 1 is 1.29 bits per heavy atom. The highest BCUT2D eigenvalue weighted by Crippen LogP contribution is 2.36. The van der Waals surface area contributed by atoms with Gasteiger partial charge in [0.15, 0.2) is 11.6 Å². The average molecular weight is 465 g/mol. The number of aliphatic hydroxyl groups excluding tert-OH is 1. The summed E-state index contributed by atoms with van der Waals surface area (Å²) in [5.74, 6) is -0.952. The van der Waals surface area contributed by atoms with E-state index in [0.717, 1.165) is 0 Å². The molecule has 1 fully saturated rings. The molecule has 0 aromatic heterocycles. The zero-order valence-electron chi connectivity index (χ0n) is 18.5. The van der Waals surface area contributed by atoms with Gasteiger partial charge in [-0.15, -0.1) is 0 Å². The molecule has 9 nitrogen and oxygen atoms in total. The van der Waals surface area contributed by atoms with Gasteiger partial charge in [0, 0.05) is 43.5 Å². The number of carbonyl (C=O) groups excluding carboxylic acids is 1. The van der Waals surface area contributed by atoms with Gasteiger partial charge in [-0.3, -0.25) is 4.79 Å². The lowest BCUT2D eigenvalue weighted by molar-refractivity contribution is 0.0577. The number of hydrogen-bond donors (Lipinski definition) is 4. The quantitative estimate of drug-likeness (QED) is 0.268. The molecule has 0 saturated carbocycles. The Morgan fingerprint density at radius 2 is 2.00 bits per heavy atom. The van der Waals surface area contributed by atoms with E-state index in [1.807, 2.05) is 0 Å². The number of benzene rings is 2. The molecule has 34 heavy (non-hydrogen) atoms. The summed E-state index contributed by atoms with van der Waals surface area (Å²) in [6.45, 7) is 1.38. The maximum Gasteiger partial charge on any atom is 0.253 e. The molecule has 10 heteroatoms. The number of rotatable bonds is 8. The van der Waals surface area contributed by atoms with Crippen molar-refractivity contribution in [2.75, 3.05) is 38.8 Å². The molecule has 1 atom stereocenters. The molecule has 0 aliphatic carbocycles. The van der Waals surface area contributed by atoms with E-state index < -0.39 is 11.9 Å². The van der Waals surface area contributed by atoms with Crippen LogP contribution in [0, 0.1) is 28.5 Å².